The molecule has 0 bridgehead atoms. The summed E-state index contributed by atoms with van der Waals surface area (Å²) in [5.41, 5.74) is 0.979. The summed E-state index contributed by atoms with van der Waals surface area (Å²) < 4.78 is 11.4. The number of likely N-dealkylation sites (tertiary alicyclic amines) is 1. The van der Waals surface area contributed by atoms with E-state index in [1.54, 1.807) is 12.3 Å². The van der Waals surface area contributed by atoms with E-state index in [4.69, 9.17) is 20.8 Å². The Bertz CT molecular complexity index is 558. The highest BCUT2D eigenvalue weighted by Gasteiger charge is 2.21. The Kier molecular flexibility index (Phi) is 4.91. The first-order valence-electron chi connectivity index (χ1n) is 7.28. The fourth-order valence-electron chi connectivity index (χ4n) is 2.64. The standard InChI is InChI=1S/C16H19ClN2O2/c17-16-7-6-15(21-16)11-19-9-3-5-14(10-19)20-12-13-4-1-2-8-18-13/h1-2,4,6-8,14H,3,5,9-12H2/t14-/m1/s1. The van der Waals surface area contributed by atoms with Crippen molar-refractivity contribution in [1.82, 2.24) is 9.88 Å². The quantitative estimate of drug-likeness (QED) is 0.847. The topological polar surface area (TPSA) is 38.5 Å². The van der Waals surface area contributed by atoms with E-state index < -0.39 is 0 Å². The van der Waals surface area contributed by atoms with Crippen LogP contribution in [0.5, 0.6) is 0 Å². The van der Waals surface area contributed by atoms with E-state index in [1.807, 2.05) is 24.3 Å². The second-order valence-corrected chi connectivity index (χ2v) is 5.71. The maximum absolute atomic E-state index is 5.98. The summed E-state index contributed by atoms with van der Waals surface area (Å²) in [6.07, 6.45) is 4.29. The molecule has 3 heterocycles. The van der Waals surface area contributed by atoms with E-state index in [0.29, 0.717) is 11.8 Å². The number of ether oxygens (including phenoxy) is 1. The fourth-order valence-corrected chi connectivity index (χ4v) is 2.80. The van der Waals surface area contributed by atoms with Crippen LogP contribution >= 0.6 is 11.6 Å². The van der Waals surface area contributed by atoms with E-state index in [9.17, 15) is 0 Å². The molecule has 1 saturated heterocycles. The first-order chi connectivity index (χ1) is 10.3. The molecular formula is C16H19ClN2O2. The summed E-state index contributed by atoms with van der Waals surface area (Å²) >= 11 is 5.81. The summed E-state index contributed by atoms with van der Waals surface area (Å²) in [4.78, 5) is 6.63. The number of pyridine rings is 1. The van der Waals surface area contributed by atoms with Gasteiger partial charge < -0.3 is 9.15 Å². The van der Waals surface area contributed by atoms with Crippen LogP contribution in [0.4, 0.5) is 0 Å². The van der Waals surface area contributed by atoms with Gasteiger partial charge in [0.2, 0.25) is 0 Å². The van der Waals surface area contributed by atoms with Crippen LogP contribution in [-0.4, -0.2) is 29.1 Å². The molecule has 4 nitrogen and oxygen atoms in total. The zero-order chi connectivity index (χ0) is 14.5. The van der Waals surface area contributed by atoms with Gasteiger partial charge >= 0.3 is 0 Å². The molecule has 1 aliphatic rings. The lowest BCUT2D eigenvalue weighted by molar-refractivity contribution is -0.0146. The summed E-state index contributed by atoms with van der Waals surface area (Å²) in [5, 5.41) is 0.449. The van der Waals surface area contributed by atoms with Crippen LogP contribution in [0, 0.1) is 0 Å². The van der Waals surface area contributed by atoms with Crippen molar-refractivity contribution in [3.63, 3.8) is 0 Å². The Hall–Kier alpha value is -1.36. The van der Waals surface area contributed by atoms with Gasteiger partial charge in [0.1, 0.15) is 5.76 Å². The van der Waals surface area contributed by atoms with Crippen LogP contribution in [0.2, 0.25) is 5.22 Å². The second-order valence-electron chi connectivity index (χ2n) is 5.34. The van der Waals surface area contributed by atoms with Crippen LogP contribution in [0.15, 0.2) is 40.9 Å². The number of rotatable bonds is 5. The molecule has 0 radical (unpaired) electrons. The molecule has 0 amide bonds. The lowest BCUT2D eigenvalue weighted by Crippen LogP contribution is -2.39. The van der Waals surface area contributed by atoms with Crippen molar-refractivity contribution in [3.05, 3.63) is 53.2 Å². The Morgan fingerprint density at radius 3 is 3.05 bits per heavy atom. The minimum atomic E-state index is 0.256. The van der Waals surface area contributed by atoms with Crippen molar-refractivity contribution in [2.45, 2.75) is 32.1 Å². The van der Waals surface area contributed by atoms with Crippen molar-refractivity contribution in [2.24, 2.45) is 0 Å². The van der Waals surface area contributed by atoms with Crippen LogP contribution < -0.4 is 0 Å². The number of aromatic nitrogens is 1. The van der Waals surface area contributed by atoms with Gasteiger partial charge in [0, 0.05) is 12.7 Å². The smallest absolute Gasteiger partial charge is 0.193 e. The van der Waals surface area contributed by atoms with Crippen molar-refractivity contribution in [1.29, 1.82) is 0 Å². The van der Waals surface area contributed by atoms with Crippen molar-refractivity contribution >= 4 is 11.6 Å². The summed E-state index contributed by atoms with van der Waals surface area (Å²) in [6, 6.07) is 9.61. The van der Waals surface area contributed by atoms with Gasteiger partial charge in [-0.1, -0.05) is 6.07 Å². The van der Waals surface area contributed by atoms with E-state index in [0.717, 1.165) is 43.9 Å². The molecule has 1 aliphatic heterocycles. The third-order valence-electron chi connectivity index (χ3n) is 3.66. The normalized spacial score (nSPS) is 19.8. The minimum absolute atomic E-state index is 0.256. The van der Waals surface area contributed by atoms with Crippen LogP contribution in [0.3, 0.4) is 0 Å². The van der Waals surface area contributed by atoms with Crippen LogP contribution in [0.1, 0.15) is 24.3 Å². The van der Waals surface area contributed by atoms with Crippen LogP contribution in [-0.2, 0) is 17.9 Å². The second kappa shape index (κ2) is 7.07. The lowest BCUT2D eigenvalue weighted by atomic mass is 10.1. The van der Waals surface area contributed by atoms with Crippen molar-refractivity contribution in [3.8, 4) is 0 Å². The SMILES string of the molecule is Clc1ccc(CN2CCC[C@@H](OCc3ccccn3)C2)o1. The molecule has 0 aliphatic carbocycles. The first-order valence-corrected chi connectivity index (χ1v) is 7.65. The zero-order valence-corrected chi connectivity index (χ0v) is 12.6. The molecule has 0 unspecified atom stereocenters. The number of piperidine rings is 1. The predicted octanol–water partition coefficient (Wildman–Crippen LogP) is 3.51. The number of hydrogen-bond donors (Lipinski definition) is 0. The summed E-state index contributed by atoms with van der Waals surface area (Å²) in [7, 11) is 0. The Morgan fingerprint density at radius 1 is 1.33 bits per heavy atom. The molecule has 1 fully saturated rings. The van der Waals surface area contributed by atoms with E-state index in [-0.39, 0.29) is 6.10 Å². The molecule has 0 saturated carbocycles. The average molecular weight is 307 g/mol. The highest BCUT2D eigenvalue weighted by Crippen LogP contribution is 2.19. The molecule has 112 valence electrons. The van der Waals surface area contributed by atoms with Gasteiger partial charge in [-0.15, -0.1) is 0 Å². The largest absolute Gasteiger partial charge is 0.448 e. The highest BCUT2D eigenvalue weighted by atomic mass is 35.5. The maximum atomic E-state index is 5.98. The van der Waals surface area contributed by atoms with Crippen LogP contribution in [0.25, 0.3) is 0 Å². The summed E-state index contributed by atoms with van der Waals surface area (Å²) in [5.74, 6) is 0.908. The number of halogens is 1. The van der Waals surface area contributed by atoms with Gasteiger partial charge in [0.15, 0.2) is 5.22 Å². The number of nitrogens with zero attached hydrogens (tertiary/aromatic N) is 2. The lowest BCUT2D eigenvalue weighted by Gasteiger charge is -2.31. The minimum Gasteiger partial charge on any atom is -0.448 e. The van der Waals surface area contributed by atoms with Gasteiger partial charge in [-0.3, -0.25) is 9.88 Å². The van der Waals surface area contributed by atoms with E-state index in [2.05, 4.69) is 9.88 Å². The maximum Gasteiger partial charge on any atom is 0.193 e. The Balaban J connectivity index is 1.49. The molecule has 2 aromatic rings. The monoisotopic (exact) mass is 306 g/mol. The molecule has 2 aromatic heterocycles. The Morgan fingerprint density at radius 2 is 2.29 bits per heavy atom. The van der Waals surface area contributed by atoms with Gasteiger partial charge in [0.05, 0.1) is 24.9 Å². The van der Waals surface area contributed by atoms with E-state index >= 15 is 0 Å². The molecular weight excluding hydrogens is 288 g/mol. The molecule has 0 N–H and O–H groups in total. The Labute approximate surface area is 129 Å². The molecule has 5 heteroatoms. The zero-order valence-electron chi connectivity index (χ0n) is 11.9. The molecule has 0 spiro atoms. The predicted molar refractivity (Wildman–Crippen MR) is 81.0 cm³/mol. The summed E-state index contributed by atoms with van der Waals surface area (Å²) in [6.45, 7) is 3.36. The van der Waals surface area contributed by atoms with Gasteiger partial charge in [-0.2, -0.15) is 0 Å². The van der Waals surface area contributed by atoms with Crippen molar-refractivity contribution < 1.29 is 9.15 Å². The van der Waals surface area contributed by atoms with Gasteiger partial charge in [-0.05, 0) is 55.3 Å². The number of furan rings is 1. The molecule has 3 rings (SSSR count). The third kappa shape index (κ3) is 4.30. The molecule has 1 atom stereocenters. The van der Waals surface area contributed by atoms with E-state index in [1.165, 1.54) is 0 Å². The third-order valence-corrected chi connectivity index (χ3v) is 3.87. The molecule has 21 heavy (non-hydrogen) atoms. The highest BCUT2D eigenvalue weighted by molar-refractivity contribution is 6.28. The number of hydrogen-bond acceptors (Lipinski definition) is 4. The first kappa shape index (κ1) is 14.6. The molecule has 0 aromatic carbocycles. The van der Waals surface area contributed by atoms with Gasteiger partial charge in [0.25, 0.3) is 0 Å². The van der Waals surface area contributed by atoms with Crippen molar-refractivity contribution in [2.75, 3.05) is 13.1 Å². The fraction of sp³-hybridized carbons (Fsp3) is 0.438. The van der Waals surface area contributed by atoms with Gasteiger partial charge in [-0.25, -0.2) is 0 Å². The average Bonchev–Trinajstić information content (AvgIpc) is 2.92.